The van der Waals surface area contributed by atoms with Crippen LogP contribution in [0.25, 0.3) is 0 Å². The quantitative estimate of drug-likeness (QED) is 0.553. The highest BCUT2D eigenvalue weighted by atomic mass is 16.5. The fraction of sp³-hybridized carbons (Fsp3) is 0.621. The van der Waals surface area contributed by atoms with Crippen LogP contribution in [0, 0.1) is 11.8 Å². The first-order valence-electron chi connectivity index (χ1n) is 13.9. The molecule has 1 saturated carbocycles. The molecule has 2 bridgehead atoms. The van der Waals surface area contributed by atoms with E-state index in [0.29, 0.717) is 19.7 Å². The monoisotopic (exact) mass is 507 g/mol. The summed E-state index contributed by atoms with van der Waals surface area (Å²) >= 11 is 0. The van der Waals surface area contributed by atoms with Crippen LogP contribution in [0.2, 0.25) is 0 Å². The number of nitrogens with zero attached hydrogens (tertiary/aromatic N) is 1. The number of carbonyl (C=O) groups is 3. The highest BCUT2D eigenvalue weighted by molar-refractivity contribution is 6.00. The van der Waals surface area contributed by atoms with E-state index in [1.807, 2.05) is 49.4 Å². The van der Waals surface area contributed by atoms with Gasteiger partial charge in [-0.3, -0.25) is 14.4 Å². The van der Waals surface area contributed by atoms with Crippen LogP contribution >= 0.6 is 0 Å². The third-order valence-electron chi connectivity index (χ3n) is 9.01. The first-order valence-corrected chi connectivity index (χ1v) is 13.9. The molecule has 4 heterocycles. The van der Waals surface area contributed by atoms with E-state index in [9.17, 15) is 14.4 Å². The van der Waals surface area contributed by atoms with Crippen LogP contribution in [0.15, 0.2) is 42.5 Å². The number of amides is 3. The van der Waals surface area contributed by atoms with Crippen molar-refractivity contribution >= 4 is 17.7 Å². The number of carbonyl (C=O) groups excluding carboxylic acids is 3. The Morgan fingerprint density at radius 3 is 2.54 bits per heavy atom. The average Bonchev–Trinajstić information content (AvgIpc) is 3.64. The van der Waals surface area contributed by atoms with Gasteiger partial charge in [0.15, 0.2) is 0 Å². The van der Waals surface area contributed by atoms with Crippen LogP contribution in [0.5, 0.6) is 0 Å². The molecule has 1 aliphatic carbocycles. The van der Waals surface area contributed by atoms with E-state index in [1.165, 1.54) is 6.42 Å². The van der Waals surface area contributed by atoms with E-state index in [2.05, 4.69) is 10.6 Å². The number of ether oxygens (including phenoxy) is 2. The van der Waals surface area contributed by atoms with E-state index in [1.54, 1.807) is 4.90 Å². The predicted molar refractivity (Wildman–Crippen MR) is 136 cm³/mol. The van der Waals surface area contributed by atoms with E-state index in [4.69, 9.17) is 9.47 Å². The standard InChI is InChI=1S/C29H37N3O5/c1-28-14-15-29(37-28)23(22(28)25(33)31-20-11-6-3-7-12-20)27(35)32(18-21-13-8-16-36-21)24(29)26(34)30-17-19-9-4-2-5-10-19/h2,4-5,9-10,14-15,20-24H,3,6-8,11-13,16-18H2,1H3,(H,30,34)(H,31,33)/t21-,22+,23-,24+,28-,29+/m0/s1. The van der Waals surface area contributed by atoms with Crippen molar-refractivity contribution in [2.45, 2.75) is 87.8 Å². The summed E-state index contributed by atoms with van der Waals surface area (Å²) in [6, 6.07) is 8.98. The van der Waals surface area contributed by atoms with Crippen molar-refractivity contribution < 1.29 is 23.9 Å². The lowest BCUT2D eigenvalue weighted by atomic mass is 9.70. The van der Waals surface area contributed by atoms with Gasteiger partial charge in [0.2, 0.25) is 17.7 Å². The van der Waals surface area contributed by atoms with Crippen molar-refractivity contribution in [1.29, 1.82) is 0 Å². The zero-order valence-electron chi connectivity index (χ0n) is 21.5. The summed E-state index contributed by atoms with van der Waals surface area (Å²) in [4.78, 5) is 43.3. The molecule has 1 aromatic carbocycles. The molecule has 2 N–H and O–H groups in total. The number of nitrogens with one attached hydrogen (secondary N) is 2. The molecule has 4 fully saturated rings. The molecule has 8 heteroatoms. The van der Waals surface area contributed by atoms with Crippen LogP contribution in [0.4, 0.5) is 0 Å². The van der Waals surface area contributed by atoms with E-state index < -0.39 is 29.1 Å². The number of rotatable bonds is 7. The summed E-state index contributed by atoms with van der Waals surface area (Å²) in [5.74, 6) is -2.00. The van der Waals surface area contributed by atoms with Crippen LogP contribution < -0.4 is 10.6 Å². The molecule has 0 unspecified atom stereocenters. The minimum absolute atomic E-state index is 0.116. The van der Waals surface area contributed by atoms with Crippen LogP contribution in [0.3, 0.4) is 0 Å². The second kappa shape index (κ2) is 9.55. The Labute approximate surface area is 218 Å². The van der Waals surface area contributed by atoms with Gasteiger partial charge in [-0.05, 0) is 38.2 Å². The van der Waals surface area contributed by atoms with Gasteiger partial charge in [0.25, 0.3) is 0 Å². The van der Waals surface area contributed by atoms with Gasteiger partial charge in [0, 0.05) is 25.7 Å². The predicted octanol–water partition coefficient (Wildman–Crippen LogP) is 2.47. The lowest BCUT2D eigenvalue weighted by Crippen LogP contribution is -2.55. The number of likely N-dealkylation sites (tertiary alicyclic amines) is 1. The van der Waals surface area contributed by atoms with E-state index in [-0.39, 0.29) is 29.9 Å². The first kappa shape index (κ1) is 24.6. The maximum atomic E-state index is 14.1. The number of fused-ring (bicyclic) bond motifs is 1. The lowest BCUT2D eigenvalue weighted by Gasteiger charge is -2.34. The van der Waals surface area contributed by atoms with Gasteiger partial charge in [-0.25, -0.2) is 0 Å². The summed E-state index contributed by atoms with van der Waals surface area (Å²) in [5, 5.41) is 6.27. The Morgan fingerprint density at radius 1 is 1.03 bits per heavy atom. The Hall–Kier alpha value is -2.71. The summed E-state index contributed by atoms with van der Waals surface area (Å²) < 4.78 is 12.5. The molecule has 0 aromatic heterocycles. The molecule has 6 rings (SSSR count). The summed E-state index contributed by atoms with van der Waals surface area (Å²) in [6.45, 7) is 3.21. The highest BCUT2D eigenvalue weighted by Gasteiger charge is 2.76. The zero-order valence-corrected chi connectivity index (χ0v) is 21.5. The van der Waals surface area contributed by atoms with E-state index in [0.717, 1.165) is 44.1 Å². The van der Waals surface area contributed by atoms with Gasteiger partial charge in [-0.1, -0.05) is 61.7 Å². The molecule has 5 aliphatic rings. The maximum absolute atomic E-state index is 14.1. The van der Waals surface area contributed by atoms with E-state index >= 15 is 0 Å². The number of hydrogen-bond acceptors (Lipinski definition) is 5. The molecule has 3 saturated heterocycles. The Bertz CT molecular complexity index is 1080. The molecule has 1 spiro atoms. The molecule has 3 amide bonds. The molecular weight excluding hydrogens is 470 g/mol. The molecule has 8 nitrogen and oxygen atoms in total. The fourth-order valence-corrected chi connectivity index (χ4v) is 7.25. The van der Waals surface area contributed by atoms with Gasteiger partial charge >= 0.3 is 0 Å². The number of benzene rings is 1. The largest absolute Gasteiger partial charge is 0.376 e. The molecule has 4 aliphatic heterocycles. The Kier molecular flexibility index (Phi) is 6.35. The van der Waals surface area contributed by atoms with Crippen molar-refractivity contribution in [3.05, 3.63) is 48.0 Å². The number of hydrogen-bond donors (Lipinski definition) is 2. The molecule has 1 aromatic rings. The molecular formula is C29H37N3O5. The minimum Gasteiger partial charge on any atom is -0.376 e. The maximum Gasteiger partial charge on any atom is 0.246 e. The second-order valence-electron chi connectivity index (χ2n) is 11.5. The molecule has 37 heavy (non-hydrogen) atoms. The molecule has 198 valence electrons. The summed E-state index contributed by atoms with van der Waals surface area (Å²) in [6.07, 6.45) is 10.8. The third-order valence-corrected chi connectivity index (χ3v) is 9.01. The van der Waals surface area contributed by atoms with Gasteiger partial charge < -0.3 is 25.0 Å². The Balaban J connectivity index is 1.29. The van der Waals surface area contributed by atoms with Crippen LogP contribution in [-0.2, 0) is 30.4 Å². The second-order valence-corrected chi connectivity index (χ2v) is 11.5. The van der Waals surface area contributed by atoms with Gasteiger partial charge in [0.05, 0.1) is 23.5 Å². The zero-order chi connectivity index (χ0) is 25.6. The normalized spacial score (nSPS) is 36.7. The smallest absolute Gasteiger partial charge is 0.246 e. The van der Waals surface area contributed by atoms with Crippen molar-refractivity contribution in [2.24, 2.45) is 11.8 Å². The van der Waals surface area contributed by atoms with Crippen molar-refractivity contribution in [3.63, 3.8) is 0 Å². The molecule has 6 atom stereocenters. The van der Waals surface area contributed by atoms with Gasteiger partial charge in [-0.2, -0.15) is 0 Å². The first-order chi connectivity index (χ1) is 17.9. The molecule has 0 radical (unpaired) electrons. The van der Waals surface area contributed by atoms with Crippen molar-refractivity contribution in [3.8, 4) is 0 Å². The van der Waals surface area contributed by atoms with Gasteiger partial charge in [-0.15, -0.1) is 0 Å². The topological polar surface area (TPSA) is 97.0 Å². The van der Waals surface area contributed by atoms with Crippen molar-refractivity contribution in [2.75, 3.05) is 13.2 Å². The highest BCUT2D eigenvalue weighted by Crippen LogP contribution is 2.59. The third kappa shape index (κ3) is 4.18. The van der Waals surface area contributed by atoms with Crippen LogP contribution in [-0.4, -0.2) is 65.2 Å². The van der Waals surface area contributed by atoms with Gasteiger partial charge in [0.1, 0.15) is 11.6 Å². The minimum atomic E-state index is -1.17. The van der Waals surface area contributed by atoms with Crippen LogP contribution in [0.1, 0.15) is 57.4 Å². The summed E-state index contributed by atoms with van der Waals surface area (Å²) in [7, 11) is 0. The van der Waals surface area contributed by atoms with Crippen molar-refractivity contribution in [1.82, 2.24) is 15.5 Å². The Morgan fingerprint density at radius 2 is 1.81 bits per heavy atom. The summed E-state index contributed by atoms with van der Waals surface area (Å²) in [5.41, 5.74) is -1.11. The lowest BCUT2D eigenvalue weighted by molar-refractivity contribution is -0.146. The SMILES string of the molecule is C[C@@]12C=C[C@@]3(O1)[C@H](C(=O)N(C[C@@H]1CCCO1)[C@@H]3C(=O)NCc1ccccc1)[C@@H]2C(=O)NC1CCCCC1. The fourth-order valence-electron chi connectivity index (χ4n) is 7.25. The average molecular weight is 508 g/mol.